The fourth-order valence-electron chi connectivity index (χ4n) is 2.76. The Kier molecular flexibility index (Phi) is 7.62. The fourth-order valence-corrected chi connectivity index (χ4v) is 4.03. The van der Waals surface area contributed by atoms with Gasteiger partial charge < -0.3 is 14.2 Å². The lowest BCUT2D eigenvalue weighted by Gasteiger charge is -2.26. The number of rotatable bonds is 9. The molecule has 3 unspecified atom stereocenters. The number of allylic oxidation sites excluding steroid dienone is 3. The molecule has 3 atom stereocenters. The first-order valence-corrected chi connectivity index (χ1v) is 10.6. The Hall–Kier alpha value is -1.27. The summed E-state index contributed by atoms with van der Waals surface area (Å²) in [7, 11) is -3.73. The lowest BCUT2D eigenvalue weighted by atomic mass is 10.2. The predicted molar refractivity (Wildman–Crippen MR) is 95.2 cm³/mol. The van der Waals surface area contributed by atoms with Crippen LogP contribution in [0.25, 0.3) is 0 Å². The Morgan fingerprint density at radius 3 is 1.31 bits per heavy atom. The van der Waals surface area contributed by atoms with Gasteiger partial charge in [0.25, 0.3) is 0 Å². The summed E-state index contributed by atoms with van der Waals surface area (Å²) in [6.07, 6.45) is 15.5. The highest BCUT2D eigenvalue weighted by Crippen LogP contribution is 2.50. The van der Waals surface area contributed by atoms with Crippen LogP contribution in [0.4, 0.5) is 0 Å². The zero-order chi connectivity index (χ0) is 18.1. The molecule has 0 aromatic heterocycles. The third kappa shape index (κ3) is 6.47. The number of hydrogen-bond donors (Lipinski definition) is 0. The standard InChI is InChI=1S/C18H27O7P/c19-26(23-13-16-7-1-4-10-20-16,24-14-17-8-2-5-11-21-17)25-15-18-9-3-6-12-22-18/h4-6,10-12,16-18H,1-3,7-9,13-15H2. The molecule has 0 aliphatic carbocycles. The number of hydrogen-bond acceptors (Lipinski definition) is 7. The van der Waals surface area contributed by atoms with Crippen molar-refractivity contribution in [1.82, 2.24) is 0 Å². The van der Waals surface area contributed by atoms with Gasteiger partial charge in [0, 0.05) is 0 Å². The molecule has 3 rings (SSSR count). The van der Waals surface area contributed by atoms with Gasteiger partial charge >= 0.3 is 7.82 Å². The van der Waals surface area contributed by atoms with E-state index in [1.165, 1.54) is 0 Å². The van der Waals surface area contributed by atoms with E-state index in [1.807, 2.05) is 18.2 Å². The van der Waals surface area contributed by atoms with Crippen LogP contribution in [0.1, 0.15) is 38.5 Å². The third-order valence-corrected chi connectivity index (χ3v) is 5.72. The maximum atomic E-state index is 13.1. The zero-order valence-electron chi connectivity index (χ0n) is 14.9. The van der Waals surface area contributed by atoms with E-state index < -0.39 is 7.82 Å². The zero-order valence-corrected chi connectivity index (χ0v) is 15.8. The Morgan fingerprint density at radius 1 is 0.692 bits per heavy atom. The van der Waals surface area contributed by atoms with Gasteiger partial charge in [0.15, 0.2) is 0 Å². The summed E-state index contributed by atoms with van der Waals surface area (Å²) in [6.45, 7) is 0.454. The minimum absolute atomic E-state index is 0.150. The molecule has 3 heterocycles. The van der Waals surface area contributed by atoms with E-state index in [4.69, 9.17) is 27.8 Å². The van der Waals surface area contributed by atoms with Crippen molar-refractivity contribution in [2.45, 2.75) is 56.8 Å². The van der Waals surface area contributed by atoms with Gasteiger partial charge in [0.05, 0.1) is 38.6 Å². The largest absolute Gasteiger partial charge is 0.496 e. The summed E-state index contributed by atoms with van der Waals surface area (Å²) in [5, 5.41) is 0. The van der Waals surface area contributed by atoms with Crippen molar-refractivity contribution in [3.05, 3.63) is 37.0 Å². The van der Waals surface area contributed by atoms with Crippen LogP contribution < -0.4 is 0 Å². The molecule has 7 nitrogen and oxygen atoms in total. The minimum Gasteiger partial charge on any atom is -0.496 e. The molecule has 3 aliphatic heterocycles. The van der Waals surface area contributed by atoms with Crippen LogP contribution in [0, 0.1) is 0 Å². The topological polar surface area (TPSA) is 72.5 Å². The van der Waals surface area contributed by atoms with Crippen molar-refractivity contribution in [2.24, 2.45) is 0 Å². The van der Waals surface area contributed by atoms with Crippen LogP contribution in [0.15, 0.2) is 37.0 Å². The second-order valence-electron chi connectivity index (χ2n) is 6.46. The first kappa shape index (κ1) is 19.5. The number of phosphoric acid groups is 1. The Balaban J connectivity index is 1.51. The van der Waals surface area contributed by atoms with Crippen LogP contribution in [0.5, 0.6) is 0 Å². The van der Waals surface area contributed by atoms with Crippen molar-refractivity contribution in [2.75, 3.05) is 19.8 Å². The smallest absolute Gasteiger partial charge is 0.475 e. The molecule has 146 valence electrons. The van der Waals surface area contributed by atoms with Gasteiger partial charge in [0.2, 0.25) is 0 Å². The first-order valence-electron chi connectivity index (χ1n) is 9.18. The van der Waals surface area contributed by atoms with Crippen molar-refractivity contribution < 1.29 is 32.3 Å². The highest BCUT2D eigenvalue weighted by Gasteiger charge is 2.32. The molecule has 0 amide bonds. The van der Waals surface area contributed by atoms with Gasteiger partial charge in [-0.3, -0.25) is 13.6 Å². The molecule has 0 bridgehead atoms. The van der Waals surface area contributed by atoms with Crippen molar-refractivity contribution in [1.29, 1.82) is 0 Å². The van der Waals surface area contributed by atoms with E-state index >= 15 is 0 Å². The number of phosphoric ester groups is 1. The molecule has 0 saturated heterocycles. The molecule has 0 saturated carbocycles. The molecular weight excluding hydrogens is 359 g/mol. The van der Waals surface area contributed by atoms with E-state index in [1.54, 1.807) is 18.8 Å². The van der Waals surface area contributed by atoms with Gasteiger partial charge in [-0.1, -0.05) is 0 Å². The monoisotopic (exact) mass is 386 g/mol. The maximum absolute atomic E-state index is 13.1. The Morgan fingerprint density at radius 2 is 1.04 bits per heavy atom. The van der Waals surface area contributed by atoms with E-state index in [9.17, 15) is 4.57 Å². The molecule has 0 radical (unpaired) electrons. The summed E-state index contributed by atoms with van der Waals surface area (Å²) in [6, 6.07) is 0. The molecule has 8 heteroatoms. The van der Waals surface area contributed by atoms with Gasteiger partial charge in [-0.25, -0.2) is 4.57 Å². The van der Waals surface area contributed by atoms with Gasteiger partial charge in [-0.15, -0.1) is 0 Å². The molecule has 0 N–H and O–H groups in total. The van der Waals surface area contributed by atoms with Crippen LogP contribution in [-0.4, -0.2) is 38.1 Å². The second-order valence-corrected chi connectivity index (χ2v) is 8.13. The average Bonchev–Trinajstić information content (AvgIpc) is 2.72. The summed E-state index contributed by atoms with van der Waals surface area (Å²) < 4.78 is 46.1. The van der Waals surface area contributed by atoms with Crippen molar-refractivity contribution in [3.8, 4) is 0 Å². The Labute approximate surface area is 154 Å². The summed E-state index contributed by atoms with van der Waals surface area (Å²) >= 11 is 0. The SMILES string of the molecule is O=P(OCC1CCC=CO1)(OCC1CCC=CO1)OCC1CCC=CO1. The average molecular weight is 386 g/mol. The molecule has 3 aliphatic rings. The summed E-state index contributed by atoms with van der Waals surface area (Å²) in [4.78, 5) is 0. The van der Waals surface area contributed by atoms with Crippen molar-refractivity contribution in [3.63, 3.8) is 0 Å². The summed E-state index contributed by atoms with van der Waals surface area (Å²) in [5.41, 5.74) is 0. The van der Waals surface area contributed by atoms with E-state index in [2.05, 4.69) is 0 Å². The molecular formula is C18H27O7P. The lowest BCUT2D eigenvalue weighted by Crippen LogP contribution is -2.24. The fraction of sp³-hybridized carbons (Fsp3) is 0.667. The third-order valence-electron chi connectivity index (χ3n) is 4.32. The van der Waals surface area contributed by atoms with E-state index in [-0.39, 0.29) is 38.1 Å². The molecule has 0 aromatic rings. The van der Waals surface area contributed by atoms with Gasteiger partial charge in [0.1, 0.15) is 18.3 Å². The summed E-state index contributed by atoms with van der Waals surface area (Å²) in [5.74, 6) is 0. The maximum Gasteiger partial charge on any atom is 0.475 e. The van der Waals surface area contributed by atoms with E-state index in [0.29, 0.717) is 0 Å². The molecule has 26 heavy (non-hydrogen) atoms. The second kappa shape index (κ2) is 10.2. The molecule has 0 fully saturated rings. The van der Waals surface area contributed by atoms with Crippen LogP contribution in [0.2, 0.25) is 0 Å². The van der Waals surface area contributed by atoms with Crippen LogP contribution >= 0.6 is 7.82 Å². The van der Waals surface area contributed by atoms with Crippen LogP contribution in [-0.2, 0) is 32.3 Å². The normalized spacial score (nSPS) is 30.1. The molecule has 0 aromatic carbocycles. The van der Waals surface area contributed by atoms with Crippen molar-refractivity contribution >= 4 is 7.82 Å². The minimum atomic E-state index is -3.73. The molecule has 0 spiro atoms. The van der Waals surface area contributed by atoms with Crippen LogP contribution in [0.3, 0.4) is 0 Å². The lowest BCUT2D eigenvalue weighted by molar-refractivity contribution is 0.00357. The van der Waals surface area contributed by atoms with E-state index in [0.717, 1.165) is 38.5 Å². The quantitative estimate of drug-likeness (QED) is 0.549. The van der Waals surface area contributed by atoms with Gasteiger partial charge in [-0.2, -0.15) is 0 Å². The Bertz CT molecular complexity index is 484. The highest BCUT2D eigenvalue weighted by atomic mass is 31.2. The van der Waals surface area contributed by atoms with Gasteiger partial charge in [-0.05, 0) is 56.8 Å². The predicted octanol–water partition coefficient (Wildman–Crippen LogP) is 4.22. The number of ether oxygens (including phenoxy) is 3. The first-order chi connectivity index (χ1) is 12.7. The highest BCUT2D eigenvalue weighted by molar-refractivity contribution is 7.48.